The molecule has 0 saturated heterocycles. The highest BCUT2D eigenvalue weighted by Gasteiger charge is 2.07. The molecule has 0 saturated carbocycles. The summed E-state index contributed by atoms with van der Waals surface area (Å²) in [6.07, 6.45) is 0. The molecule has 0 aliphatic carbocycles. The Hall–Kier alpha value is -1.19. The molecule has 18 heavy (non-hydrogen) atoms. The van der Waals surface area contributed by atoms with E-state index in [4.69, 9.17) is 17.3 Å². The van der Waals surface area contributed by atoms with E-state index in [-0.39, 0.29) is 5.82 Å². The highest BCUT2D eigenvalue weighted by molar-refractivity contribution is 7.98. The zero-order valence-corrected chi connectivity index (χ0v) is 11.5. The Balaban J connectivity index is 2.16. The van der Waals surface area contributed by atoms with E-state index < -0.39 is 0 Å². The summed E-state index contributed by atoms with van der Waals surface area (Å²) in [7, 11) is 0. The number of halogens is 2. The molecule has 0 spiro atoms. The van der Waals surface area contributed by atoms with Gasteiger partial charge in [-0.05, 0) is 42.3 Å². The lowest BCUT2D eigenvalue weighted by molar-refractivity contribution is 0.626. The van der Waals surface area contributed by atoms with Crippen LogP contribution >= 0.6 is 23.4 Å². The van der Waals surface area contributed by atoms with Gasteiger partial charge in [-0.15, -0.1) is 11.8 Å². The zero-order chi connectivity index (χ0) is 13.1. The molecule has 2 N–H and O–H groups in total. The van der Waals surface area contributed by atoms with Crippen LogP contribution < -0.4 is 5.73 Å². The number of anilines is 1. The molecule has 2 aromatic rings. The third kappa shape index (κ3) is 2.98. The summed E-state index contributed by atoms with van der Waals surface area (Å²) >= 11 is 7.67. The molecule has 0 fully saturated rings. The van der Waals surface area contributed by atoms with Crippen molar-refractivity contribution in [3.8, 4) is 0 Å². The standard InChI is InChI=1S/C14H13ClFNS/c1-9-7-11(16)6-5-10(9)8-18-14-12(15)3-2-4-13(14)17/h2-7H,8,17H2,1H3. The van der Waals surface area contributed by atoms with Crippen LogP contribution in [0.1, 0.15) is 11.1 Å². The Morgan fingerprint density at radius 1 is 1.28 bits per heavy atom. The van der Waals surface area contributed by atoms with Crippen LogP contribution in [0.2, 0.25) is 5.02 Å². The Morgan fingerprint density at radius 2 is 2.06 bits per heavy atom. The van der Waals surface area contributed by atoms with Gasteiger partial charge in [-0.2, -0.15) is 0 Å². The van der Waals surface area contributed by atoms with Gasteiger partial charge >= 0.3 is 0 Å². The highest BCUT2D eigenvalue weighted by Crippen LogP contribution is 2.34. The first-order valence-corrected chi connectivity index (χ1v) is 6.86. The summed E-state index contributed by atoms with van der Waals surface area (Å²) in [4.78, 5) is 0.878. The summed E-state index contributed by atoms with van der Waals surface area (Å²) in [5.41, 5.74) is 8.58. The smallest absolute Gasteiger partial charge is 0.123 e. The topological polar surface area (TPSA) is 26.0 Å². The van der Waals surface area contributed by atoms with Crippen LogP contribution in [0.3, 0.4) is 0 Å². The summed E-state index contributed by atoms with van der Waals surface area (Å²) < 4.78 is 13.0. The maximum absolute atomic E-state index is 13.0. The Morgan fingerprint density at radius 3 is 2.72 bits per heavy atom. The molecule has 0 unspecified atom stereocenters. The van der Waals surface area contributed by atoms with Crippen LogP contribution in [-0.2, 0) is 5.75 Å². The van der Waals surface area contributed by atoms with Crippen molar-refractivity contribution in [1.29, 1.82) is 0 Å². The fourth-order valence-corrected chi connectivity index (χ4v) is 3.06. The SMILES string of the molecule is Cc1cc(F)ccc1CSc1c(N)cccc1Cl. The highest BCUT2D eigenvalue weighted by atomic mass is 35.5. The Labute approximate surface area is 115 Å². The van der Waals surface area contributed by atoms with Crippen LogP contribution in [0.5, 0.6) is 0 Å². The van der Waals surface area contributed by atoms with E-state index in [2.05, 4.69) is 0 Å². The summed E-state index contributed by atoms with van der Waals surface area (Å²) in [6, 6.07) is 10.3. The van der Waals surface area contributed by atoms with Gasteiger partial charge in [0.15, 0.2) is 0 Å². The van der Waals surface area contributed by atoms with Gasteiger partial charge in [0.05, 0.1) is 5.02 Å². The Bertz CT molecular complexity index is 551. The second kappa shape index (κ2) is 5.63. The van der Waals surface area contributed by atoms with Crippen molar-refractivity contribution in [3.63, 3.8) is 0 Å². The number of aryl methyl sites for hydroxylation is 1. The first kappa shape index (κ1) is 13.2. The first-order valence-electron chi connectivity index (χ1n) is 5.50. The molecule has 2 rings (SSSR count). The van der Waals surface area contributed by atoms with E-state index >= 15 is 0 Å². The molecule has 0 heterocycles. The van der Waals surface area contributed by atoms with Gasteiger partial charge in [-0.3, -0.25) is 0 Å². The largest absolute Gasteiger partial charge is 0.398 e. The molecule has 0 atom stereocenters. The van der Waals surface area contributed by atoms with Gasteiger partial charge in [-0.1, -0.05) is 23.7 Å². The Kier molecular flexibility index (Phi) is 4.15. The molecule has 1 nitrogen and oxygen atoms in total. The molecule has 0 aliphatic heterocycles. The number of hydrogen-bond acceptors (Lipinski definition) is 2. The van der Waals surface area contributed by atoms with Gasteiger partial charge in [0.2, 0.25) is 0 Å². The molecular weight excluding hydrogens is 269 g/mol. The van der Waals surface area contributed by atoms with Crippen LogP contribution in [0, 0.1) is 12.7 Å². The molecule has 0 bridgehead atoms. The van der Waals surface area contributed by atoms with E-state index in [1.54, 1.807) is 17.8 Å². The molecule has 0 radical (unpaired) electrons. The van der Waals surface area contributed by atoms with Crippen molar-refractivity contribution in [1.82, 2.24) is 0 Å². The van der Waals surface area contributed by atoms with Crippen LogP contribution in [-0.4, -0.2) is 0 Å². The lowest BCUT2D eigenvalue weighted by Gasteiger charge is -2.09. The van der Waals surface area contributed by atoms with Crippen molar-refractivity contribution in [2.24, 2.45) is 0 Å². The van der Waals surface area contributed by atoms with Gasteiger partial charge in [-0.25, -0.2) is 4.39 Å². The maximum atomic E-state index is 13.0. The number of rotatable bonds is 3. The van der Waals surface area contributed by atoms with Crippen molar-refractivity contribution >= 4 is 29.1 Å². The number of nitrogens with two attached hydrogens (primary N) is 1. The summed E-state index contributed by atoms with van der Waals surface area (Å²) in [5, 5.41) is 0.653. The minimum atomic E-state index is -0.210. The quantitative estimate of drug-likeness (QED) is 0.654. The molecule has 0 amide bonds. The van der Waals surface area contributed by atoms with Crippen LogP contribution in [0.25, 0.3) is 0 Å². The van der Waals surface area contributed by atoms with Gasteiger partial charge in [0.1, 0.15) is 5.82 Å². The molecule has 0 aromatic heterocycles. The minimum absolute atomic E-state index is 0.210. The van der Waals surface area contributed by atoms with Gasteiger partial charge in [0, 0.05) is 16.3 Å². The predicted octanol–water partition coefficient (Wildman–Crippen LogP) is 4.66. The monoisotopic (exact) mass is 281 g/mol. The van der Waals surface area contributed by atoms with E-state index in [0.717, 1.165) is 21.8 Å². The van der Waals surface area contributed by atoms with E-state index in [9.17, 15) is 4.39 Å². The van der Waals surface area contributed by atoms with E-state index in [1.165, 1.54) is 12.1 Å². The number of nitrogen functional groups attached to an aromatic ring is 1. The van der Waals surface area contributed by atoms with E-state index in [0.29, 0.717) is 10.7 Å². The summed E-state index contributed by atoms with van der Waals surface area (Å²) in [6.45, 7) is 1.90. The zero-order valence-electron chi connectivity index (χ0n) is 9.91. The molecule has 0 aliphatic rings. The predicted molar refractivity (Wildman–Crippen MR) is 76.6 cm³/mol. The van der Waals surface area contributed by atoms with Crippen molar-refractivity contribution in [2.75, 3.05) is 5.73 Å². The normalized spacial score (nSPS) is 10.6. The average molecular weight is 282 g/mol. The second-order valence-electron chi connectivity index (χ2n) is 4.02. The average Bonchev–Trinajstić information content (AvgIpc) is 2.31. The third-order valence-corrected chi connectivity index (χ3v) is 4.30. The summed E-state index contributed by atoms with van der Waals surface area (Å²) in [5.74, 6) is 0.513. The molecule has 94 valence electrons. The van der Waals surface area contributed by atoms with Gasteiger partial charge < -0.3 is 5.73 Å². The first-order chi connectivity index (χ1) is 8.58. The fraction of sp³-hybridized carbons (Fsp3) is 0.143. The van der Waals surface area contributed by atoms with Crippen molar-refractivity contribution < 1.29 is 4.39 Å². The van der Waals surface area contributed by atoms with Crippen molar-refractivity contribution in [2.45, 2.75) is 17.6 Å². The van der Waals surface area contributed by atoms with E-state index in [1.807, 2.05) is 25.1 Å². The maximum Gasteiger partial charge on any atom is 0.123 e. The second-order valence-corrected chi connectivity index (χ2v) is 5.41. The number of benzene rings is 2. The lowest BCUT2D eigenvalue weighted by Crippen LogP contribution is -1.91. The number of thioether (sulfide) groups is 1. The lowest BCUT2D eigenvalue weighted by atomic mass is 10.1. The number of hydrogen-bond donors (Lipinski definition) is 1. The van der Waals surface area contributed by atoms with Crippen LogP contribution in [0.15, 0.2) is 41.3 Å². The fourth-order valence-electron chi connectivity index (χ4n) is 1.65. The molecule has 4 heteroatoms. The van der Waals surface area contributed by atoms with Gasteiger partial charge in [0.25, 0.3) is 0 Å². The molecular formula is C14H13ClFNS. The van der Waals surface area contributed by atoms with Crippen LogP contribution in [0.4, 0.5) is 10.1 Å². The minimum Gasteiger partial charge on any atom is -0.398 e. The third-order valence-electron chi connectivity index (χ3n) is 2.67. The van der Waals surface area contributed by atoms with Crippen molar-refractivity contribution in [3.05, 3.63) is 58.4 Å². The molecule has 2 aromatic carbocycles.